The first-order valence-electron chi connectivity index (χ1n) is 7.23. The lowest BCUT2D eigenvalue weighted by Crippen LogP contribution is -2.19. The Labute approximate surface area is 133 Å². The maximum atomic E-state index is 10.5. The number of nitrogen functional groups attached to an aromatic ring is 1. The van der Waals surface area contributed by atoms with Crippen LogP contribution in [0.4, 0.5) is 21.9 Å². The summed E-state index contributed by atoms with van der Waals surface area (Å²) in [6.07, 6.45) is -1.03. The first-order valence-corrected chi connectivity index (χ1v) is 7.23. The van der Waals surface area contributed by atoms with Crippen LogP contribution < -0.4 is 16.4 Å². The molecule has 0 spiro atoms. The second-order valence-corrected chi connectivity index (χ2v) is 5.23. The van der Waals surface area contributed by atoms with Gasteiger partial charge in [0.2, 0.25) is 0 Å². The Morgan fingerprint density at radius 3 is 2.48 bits per heavy atom. The van der Waals surface area contributed by atoms with Gasteiger partial charge in [0, 0.05) is 17.6 Å². The Balaban J connectivity index is 1.79. The summed E-state index contributed by atoms with van der Waals surface area (Å²) in [6, 6.07) is 19.5. The molecule has 0 atom stereocenters. The lowest BCUT2D eigenvalue weighted by atomic mass is 10.1. The Morgan fingerprint density at radius 1 is 1.00 bits per heavy atom. The van der Waals surface area contributed by atoms with E-state index in [-0.39, 0.29) is 6.54 Å². The van der Waals surface area contributed by atoms with Crippen LogP contribution in [0, 0.1) is 0 Å². The lowest BCUT2D eigenvalue weighted by Gasteiger charge is -2.12. The fraction of sp³-hybridized carbons (Fsp3) is 0.0556. The van der Waals surface area contributed by atoms with Crippen LogP contribution in [0.5, 0.6) is 0 Å². The SMILES string of the molecule is Nc1c(Nc2ccc(CNC(=O)O)cc2)ccc2ccccc12. The Kier molecular flexibility index (Phi) is 4.01. The van der Waals surface area contributed by atoms with E-state index in [1.165, 1.54) is 0 Å². The van der Waals surface area contributed by atoms with Crippen LogP contribution >= 0.6 is 0 Å². The van der Waals surface area contributed by atoms with Crippen LogP contribution in [0.1, 0.15) is 5.56 Å². The summed E-state index contributed by atoms with van der Waals surface area (Å²) >= 11 is 0. The smallest absolute Gasteiger partial charge is 0.404 e. The highest BCUT2D eigenvalue weighted by Gasteiger charge is 2.04. The number of hydrogen-bond acceptors (Lipinski definition) is 3. The molecule has 0 heterocycles. The molecule has 0 unspecified atom stereocenters. The summed E-state index contributed by atoms with van der Waals surface area (Å²) in [7, 11) is 0. The fourth-order valence-corrected chi connectivity index (χ4v) is 2.44. The molecule has 0 saturated carbocycles. The standard InChI is InChI=1S/C18H17N3O2/c19-17-15-4-2-1-3-13(15)7-10-16(17)21-14-8-5-12(6-9-14)11-20-18(22)23/h1-10,20-21H,11,19H2,(H,22,23). The first-order chi connectivity index (χ1) is 11.1. The van der Waals surface area contributed by atoms with Crippen molar-refractivity contribution in [2.45, 2.75) is 6.54 Å². The van der Waals surface area contributed by atoms with Gasteiger partial charge in [-0.05, 0) is 29.1 Å². The number of anilines is 3. The van der Waals surface area contributed by atoms with Crippen molar-refractivity contribution >= 4 is 33.9 Å². The number of nitrogens with one attached hydrogen (secondary N) is 2. The molecule has 5 heteroatoms. The van der Waals surface area contributed by atoms with E-state index in [1.54, 1.807) is 0 Å². The predicted octanol–water partition coefficient (Wildman–Crippen LogP) is 3.93. The van der Waals surface area contributed by atoms with E-state index in [9.17, 15) is 4.79 Å². The van der Waals surface area contributed by atoms with E-state index in [0.717, 1.165) is 27.7 Å². The molecule has 0 aromatic heterocycles. The van der Waals surface area contributed by atoms with Crippen molar-refractivity contribution in [3.63, 3.8) is 0 Å². The van der Waals surface area contributed by atoms with Gasteiger partial charge >= 0.3 is 6.09 Å². The maximum absolute atomic E-state index is 10.5. The molecule has 0 aliphatic heterocycles. The van der Waals surface area contributed by atoms with Gasteiger partial charge < -0.3 is 21.5 Å². The largest absolute Gasteiger partial charge is 0.465 e. The third-order valence-corrected chi connectivity index (χ3v) is 3.65. The molecule has 3 aromatic carbocycles. The number of benzene rings is 3. The highest BCUT2D eigenvalue weighted by atomic mass is 16.4. The molecule has 116 valence electrons. The van der Waals surface area contributed by atoms with Crippen molar-refractivity contribution in [2.75, 3.05) is 11.1 Å². The molecule has 0 fully saturated rings. The molecule has 3 rings (SSSR count). The minimum Gasteiger partial charge on any atom is -0.465 e. The zero-order valence-electron chi connectivity index (χ0n) is 12.4. The van der Waals surface area contributed by atoms with Crippen LogP contribution in [0.15, 0.2) is 60.7 Å². The second-order valence-electron chi connectivity index (χ2n) is 5.23. The van der Waals surface area contributed by atoms with Gasteiger partial charge in [0.15, 0.2) is 0 Å². The number of fused-ring (bicyclic) bond motifs is 1. The zero-order valence-corrected chi connectivity index (χ0v) is 12.4. The normalized spacial score (nSPS) is 10.4. The lowest BCUT2D eigenvalue weighted by molar-refractivity contribution is 0.194. The van der Waals surface area contributed by atoms with Crippen molar-refractivity contribution in [1.82, 2.24) is 5.32 Å². The summed E-state index contributed by atoms with van der Waals surface area (Å²) in [5.74, 6) is 0. The number of carbonyl (C=O) groups is 1. The molecule has 0 aliphatic carbocycles. The summed E-state index contributed by atoms with van der Waals surface area (Å²) in [5, 5.41) is 16.4. The summed E-state index contributed by atoms with van der Waals surface area (Å²) in [5.41, 5.74) is 9.58. The van der Waals surface area contributed by atoms with E-state index in [0.29, 0.717) is 5.69 Å². The molecule has 23 heavy (non-hydrogen) atoms. The van der Waals surface area contributed by atoms with E-state index >= 15 is 0 Å². The molecule has 5 N–H and O–H groups in total. The highest BCUT2D eigenvalue weighted by Crippen LogP contribution is 2.30. The molecule has 0 bridgehead atoms. The van der Waals surface area contributed by atoms with E-state index in [4.69, 9.17) is 10.8 Å². The number of carboxylic acid groups (broad SMARTS) is 1. The number of nitrogens with two attached hydrogens (primary N) is 1. The third-order valence-electron chi connectivity index (χ3n) is 3.65. The minimum atomic E-state index is -1.03. The molecular formula is C18H17N3O2. The molecule has 0 saturated heterocycles. The van der Waals surface area contributed by atoms with E-state index in [2.05, 4.69) is 10.6 Å². The fourth-order valence-electron chi connectivity index (χ4n) is 2.44. The first kappa shape index (κ1) is 14.7. The van der Waals surface area contributed by atoms with Gasteiger partial charge in [-0.1, -0.05) is 42.5 Å². The van der Waals surface area contributed by atoms with Crippen LogP contribution in [-0.4, -0.2) is 11.2 Å². The van der Waals surface area contributed by atoms with Crippen molar-refractivity contribution < 1.29 is 9.90 Å². The Morgan fingerprint density at radius 2 is 1.74 bits per heavy atom. The minimum absolute atomic E-state index is 0.285. The average Bonchev–Trinajstić information content (AvgIpc) is 2.57. The third kappa shape index (κ3) is 3.35. The van der Waals surface area contributed by atoms with Gasteiger partial charge in [-0.3, -0.25) is 0 Å². The Bertz CT molecular complexity index is 845. The van der Waals surface area contributed by atoms with Crippen molar-refractivity contribution in [3.05, 3.63) is 66.2 Å². The predicted molar refractivity (Wildman–Crippen MR) is 92.9 cm³/mol. The van der Waals surface area contributed by atoms with Gasteiger partial charge in [-0.15, -0.1) is 0 Å². The molecular weight excluding hydrogens is 290 g/mol. The van der Waals surface area contributed by atoms with Gasteiger partial charge in [-0.2, -0.15) is 0 Å². The summed E-state index contributed by atoms with van der Waals surface area (Å²) in [4.78, 5) is 10.5. The molecule has 3 aromatic rings. The summed E-state index contributed by atoms with van der Waals surface area (Å²) < 4.78 is 0. The van der Waals surface area contributed by atoms with Crippen molar-refractivity contribution in [2.24, 2.45) is 0 Å². The molecule has 5 nitrogen and oxygen atoms in total. The van der Waals surface area contributed by atoms with Gasteiger partial charge in [0.1, 0.15) is 0 Å². The average molecular weight is 307 g/mol. The van der Waals surface area contributed by atoms with Crippen LogP contribution in [0.3, 0.4) is 0 Å². The Hall–Kier alpha value is -3.21. The monoisotopic (exact) mass is 307 g/mol. The highest BCUT2D eigenvalue weighted by molar-refractivity contribution is 5.99. The van der Waals surface area contributed by atoms with Crippen molar-refractivity contribution in [3.8, 4) is 0 Å². The molecule has 0 radical (unpaired) electrons. The van der Waals surface area contributed by atoms with Crippen LogP contribution in [-0.2, 0) is 6.54 Å². The summed E-state index contributed by atoms with van der Waals surface area (Å²) in [6.45, 7) is 0.285. The van der Waals surface area contributed by atoms with Gasteiger partial charge in [0.05, 0.1) is 11.4 Å². The van der Waals surface area contributed by atoms with Crippen LogP contribution in [0.25, 0.3) is 10.8 Å². The van der Waals surface area contributed by atoms with Crippen molar-refractivity contribution in [1.29, 1.82) is 0 Å². The van der Waals surface area contributed by atoms with E-state index < -0.39 is 6.09 Å². The molecule has 1 amide bonds. The quantitative estimate of drug-likeness (QED) is 0.550. The number of rotatable bonds is 4. The maximum Gasteiger partial charge on any atom is 0.404 e. The van der Waals surface area contributed by atoms with Gasteiger partial charge in [-0.25, -0.2) is 4.79 Å². The van der Waals surface area contributed by atoms with E-state index in [1.807, 2.05) is 60.7 Å². The zero-order chi connectivity index (χ0) is 16.2. The number of hydrogen-bond donors (Lipinski definition) is 4. The van der Waals surface area contributed by atoms with Crippen LogP contribution in [0.2, 0.25) is 0 Å². The van der Waals surface area contributed by atoms with Gasteiger partial charge in [0.25, 0.3) is 0 Å². The number of amides is 1. The second kappa shape index (κ2) is 6.27. The molecule has 0 aliphatic rings. The topological polar surface area (TPSA) is 87.4 Å².